The highest BCUT2D eigenvalue weighted by Crippen LogP contribution is 2.45. The standard InChI is InChI=1S/C50H38O2P2/c51-53(43-23-11-3-12-24-43,44-25-13-4-14-26-44)47-35-31-41(32-36-47)49(39-19-7-1-8-20-39)50(40-21-9-2-10-22-40)42-33-37-48(38-34-42)54(52,45-27-15-5-16-28-45)46-29-17-6-18-30-46/h1-38H/b50-49-. The fourth-order valence-corrected chi connectivity index (χ4v) is 12.5. The Morgan fingerprint density at radius 1 is 0.222 bits per heavy atom. The smallest absolute Gasteiger partial charge is 0.171 e. The van der Waals surface area contributed by atoms with Crippen LogP contribution in [-0.4, -0.2) is 0 Å². The molecular formula is C50H38O2P2. The Kier molecular flexibility index (Phi) is 10.1. The van der Waals surface area contributed by atoms with E-state index in [0.717, 1.165) is 65.2 Å². The third-order valence-electron chi connectivity index (χ3n) is 9.89. The lowest BCUT2D eigenvalue weighted by Crippen LogP contribution is -2.25. The highest BCUT2D eigenvalue weighted by molar-refractivity contribution is 7.85. The molecule has 0 radical (unpaired) electrons. The van der Waals surface area contributed by atoms with Crippen molar-refractivity contribution >= 4 is 57.3 Å². The third kappa shape index (κ3) is 6.68. The van der Waals surface area contributed by atoms with E-state index in [-0.39, 0.29) is 0 Å². The van der Waals surface area contributed by atoms with Gasteiger partial charge in [0.15, 0.2) is 14.3 Å². The molecule has 8 aromatic carbocycles. The van der Waals surface area contributed by atoms with E-state index in [4.69, 9.17) is 0 Å². The van der Waals surface area contributed by atoms with Gasteiger partial charge in [-0.3, -0.25) is 0 Å². The maximum Gasteiger partial charge on any atom is 0.171 e. The Hall–Kier alpha value is -6.04. The van der Waals surface area contributed by atoms with Gasteiger partial charge in [0.2, 0.25) is 0 Å². The molecule has 0 aliphatic carbocycles. The molecule has 0 amide bonds. The zero-order valence-electron chi connectivity index (χ0n) is 29.7. The Morgan fingerprint density at radius 2 is 0.407 bits per heavy atom. The molecule has 0 aliphatic rings. The zero-order valence-corrected chi connectivity index (χ0v) is 31.4. The Morgan fingerprint density at radius 3 is 0.648 bits per heavy atom. The van der Waals surface area contributed by atoms with Crippen molar-refractivity contribution in [1.82, 2.24) is 0 Å². The second-order valence-electron chi connectivity index (χ2n) is 13.1. The van der Waals surface area contributed by atoms with Crippen LogP contribution in [0, 0.1) is 0 Å². The third-order valence-corrected chi connectivity index (χ3v) is 16.0. The molecule has 4 heteroatoms. The van der Waals surface area contributed by atoms with Crippen LogP contribution in [0.1, 0.15) is 22.3 Å². The first-order valence-electron chi connectivity index (χ1n) is 18.1. The molecule has 0 saturated heterocycles. The van der Waals surface area contributed by atoms with Gasteiger partial charge in [-0.2, -0.15) is 0 Å². The van der Waals surface area contributed by atoms with Crippen LogP contribution < -0.4 is 31.8 Å². The van der Waals surface area contributed by atoms with E-state index < -0.39 is 14.3 Å². The van der Waals surface area contributed by atoms with Crippen molar-refractivity contribution in [2.24, 2.45) is 0 Å². The molecule has 0 aliphatic heterocycles. The van der Waals surface area contributed by atoms with Crippen molar-refractivity contribution < 1.29 is 9.13 Å². The van der Waals surface area contributed by atoms with Gasteiger partial charge in [0, 0.05) is 31.8 Å². The van der Waals surface area contributed by atoms with Crippen LogP contribution in [0.25, 0.3) is 11.1 Å². The van der Waals surface area contributed by atoms with Crippen molar-refractivity contribution in [2.75, 3.05) is 0 Å². The predicted molar refractivity (Wildman–Crippen MR) is 230 cm³/mol. The molecule has 0 atom stereocenters. The number of hydrogen-bond donors (Lipinski definition) is 0. The number of benzene rings is 8. The number of rotatable bonds is 10. The van der Waals surface area contributed by atoms with Gasteiger partial charge in [0.1, 0.15) is 0 Å². The average molecular weight is 733 g/mol. The van der Waals surface area contributed by atoms with E-state index in [2.05, 4.69) is 72.8 Å². The van der Waals surface area contributed by atoms with Crippen molar-refractivity contribution in [1.29, 1.82) is 0 Å². The van der Waals surface area contributed by atoms with Gasteiger partial charge >= 0.3 is 0 Å². The molecule has 0 spiro atoms. The van der Waals surface area contributed by atoms with E-state index in [9.17, 15) is 0 Å². The highest BCUT2D eigenvalue weighted by atomic mass is 31.2. The van der Waals surface area contributed by atoms with Crippen LogP contribution in [-0.2, 0) is 9.13 Å². The summed E-state index contributed by atoms with van der Waals surface area (Å²) in [7, 11) is -6.31. The van der Waals surface area contributed by atoms with Crippen LogP contribution in [0.4, 0.5) is 0 Å². The van der Waals surface area contributed by atoms with Crippen LogP contribution in [0.15, 0.2) is 231 Å². The monoisotopic (exact) mass is 732 g/mol. The molecule has 0 fully saturated rings. The molecule has 0 bridgehead atoms. The van der Waals surface area contributed by atoms with Crippen molar-refractivity contribution in [3.63, 3.8) is 0 Å². The fraction of sp³-hybridized carbons (Fsp3) is 0. The second-order valence-corrected chi connectivity index (χ2v) is 18.7. The molecule has 8 rings (SSSR count). The lowest BCUT2D eigenvalue weighted by molar-refractivity contribution is 0.591. The lowest BCUT2D eigenvalue weighted by atomic mass is 9.86. The van der Waals surface area contributed by atoms with Gasteiger partial charge in [-0.05, 0) is 33.4 Å². The Labute approximate surface area is 317 Å². The molecule has 0 saturated carbocycles. The summed E-state index contributed by atoms with van der Waals surface area (Å²) in [5, 5.41) is 4.76. The van der Waals surface area contributed by atoms with Crippen LogP contribution in [0.3, 0.4) is 0 Å². The van der Waals surface area contributed by atoms with Crippen LogP contribution in [0.2, 0.25) is 0 Å². The summed E-state index contributed by atoms with van der Waals surface area (Å²) in [5.41, 5.74) is 6.21. The molecule has 8 aromatic rings. The minimum absolute atomic E-state index is 0.777. The maximum atomic E-state index is 15.2. The summed E-state index contributed by atoms with van der Waals surface area (Å²) < 4.78 is 30.5. The largest absolute Gasteiger partial charge is 0.309 e. The van der Waals surface area contributed by atoms with Crippen molar-refractivity contribution in [3.05, 3.63) is 253 Å². The summed E-state index contributed by atoms with van der Waals surface area (Å²) >= 11 is 0. The molecule has 0 aromatic heterocycles. The first-order chi connectivity index (χ1) is 26.6. The molecule has 0 N–H and O–H groups in total. The summed E-state index contributed by atoms with van der Waals surface area (Å²) in [6.07, 6.45) is 0. The minimum atomic E-state index is -3.15. The summed E-state index contributed by atoms with van der Waals surface area (Å²) in [6, 6.07) is 76.5. The van der Waals surface area contributed by atoms with Gasteiger partial charge in [-0.15, -0.1) is 0 Å². The molecule has 0 heterocycles. The first-order valence-corrected chi connectivity index (χ1v) is 21.5. The van der Waals surface area contributed by atoms with Gasteiger partial charge in [-0.1, -0.05) is 231 Å². The second kappa shape index (κ2) is 15.5. The topological polar surface area (TPSA) is 34.1 Å². The van der Waals surface area contributed by atoms with Gasteiger partial charge in [0.05, 0.1) is 0 Å². The predicted octanol–water partition coefficient (Wildman–Crippen LogP) is 9.97. The van der Waals surface area contributed by atoms with E-state index in [1.54, 1.807) is 0 Å². The zero-order chi connectivity index (χ0) is 36.8. The van der Waals surface area contributed by atoms with Gasteiger partial charge in [-0.25, -0.2) is 0 Å². The summed E-state index contributed by atoms with van der Waals surface area (Å²) in [4.78, 5) is 0. The SMILES string of the molecule is O=P(c1ccccc1)(c1ccccc1)c1ccc(/C(=C(/c2ccccc2)c2ccc(P(=O)(c3ccccc3)c3ccccc3)cc2)c2ccccc2)cc1. The summed E-state index contributed by atoms with van der Waals surface area (Å²) in [5.74, 6) is 0. The van der Waals surface area contributed by atoms with E-state index in [0.29, 0.717) is 0 Å². The van der Waals surface area contributed by atoms with Gasteiger partial charge < -0.3 is 9.13 Å². The van der Waals surface area contributed by atoms with E-state index in [1.165, 1.54) is 0 Å². The van der Waals surface area contributed by atoms with Crippen LogP contribution in [0.5, 0.6) is 0 Å². The maximum absolute atomic E-state index is 15.2. The number of hydrogen-bond acceptors (Lipinski definition) is 2. The molecule has 0 unspecified atom stereocenters. The first kappa shape index (κ1) is 35.0. The fourth-order valence-electron chi connectivity index (χ4n) is 7.24. The Bertz CT molecular complexity index is 2320. The molecule has 260 valence electrons. The minimum Gasteiger partial charge on any atom is -0.309 e. The van der Waals surface area contributed by atoms with Gasteiger partial charge in [0.25, 0.3) is 0 Å². The molecular weight excluding hydrogens is 694 g/mol. The van der Waals surface area contributed by atoms with Crippen molar-refractivity contribution in [3.8, 4) is 0 Å². The van der Waals surface area contributed by atoms with Crippen molar-refractivity contribution in [2.45, 2.75) is 0 Å². The summed E-state index contributed by atoms with van der Waals surface area (Å²) in [6.45, 7) is 0. The van der Waals surface area contributed by atoms with E-state index >= 15 is 9.13 Å². The lowest BCUT2D eigenvalue weighted by Gasteiger charge is -2.22. The Balaban J connectivity index is 1.32. The molecule has 2 nitrogen and oxygen atoms in total. The average Bonchev–Trinajstić information content (AvgIpc) is 3.27. The molecule has 54 heavy (non-hydrogen) atoms. The van der Waals surface area contributed by atoms with E-state index in [1.807, 2.05) is 158 Å². The van der Waals surface area contributed by atoms with Crippen LogP contribution >= 0.6 is 14.3 Å². The quantitative estimate of drug-likeness (QED) is 0.104. The highest BCUT2D eigenvalue weighted by Gasteiger charge is 2.31. The normalized spacial score (nSPS) is 12.1.